The molecule has 26 heavy (non-hydrogen) atoms. The van der Waals surface area contributed by atoms with Crippen LogP contribution in [0.3, 0.4) is 0 Å². The molecule has 1 aromatic rings. The number of rotatable bonds is 4. The Morgan fingerprint density at radius 1 is 1.35 bits per heavy atom. The molecule has 1 fully saturated rings. The molecule has 140 valence electrons. The normalized spacial score (nSPS) is 15.0. The summed E-state index contributed by atoms with van der Waals surface area (Å²) in [7, 11) is 3.46. The van der Waals surface area contributed by atoms with Crippen molar-refractivity contribution in [3.63, 3.8) is 0 Å². The van der Waals surface area contributed by atoms with E-state index in [9.17, 15) is 4.79 Å². The van der Waals surface area contributed by atoms with E-state index in [2.05, 4.69) is 45.0 Å². The van der Waals surface area contributed by atoms with Crippen LogP contribution < -0.4 is 10.2 Å². The van der Waals surface area contributed by atoms with Gasteiger partial charge in [0, 0.05) is 46.3 Å². The summed E-state index contributed by atoms with van der Waals surface area (Å²) in [5.41, 5.74) is 0.427. The molecule has 1 amide bonds. The van der Waals surface area contributed by atoms with Gasteiger partial charge in [-0.05, 0) is 26.0 Å². The summed E-state index contributed by atoms with van der Waals surface area (Å²) in [6, 6.07) is 7.80. The number of aliphatic imine (C=N–C) groups is 1. The summed E-state index contributed by atoms with van der Waals surface area (Å²) in [5, 5.41) is 12.4. The van der Waals surface area contributed by atoms with Gasteiger partial charge in [-0.1, -0.05) is 6.07 Å². The van der Waals surface area contributed by atoms with Crippen molar-refractivity contribution in [1.29, 1.82) is 5.26 Å². The highest BCUT2D eigenvalue weighted by molar-refractivity contribution is 5.85. The van der Waals surface area contributed by atoms with Crippen LogP contribution in [-0.4, -0.2) is 79.5 Å². The number of aromatic nitrogens is 1. The van der Waals surface area contributed by atoms with Gasteiger partial charge in [0.25, 0.3) is 0 Å². The molecule has 1 saturated heterocycles. The predicted octanol–water partition coefficient (Wildman–Crippen LogP) is 0.517. The highest BCUT2D eigenvalue weighted by Gasteiger charge is 2.21. The maximum atomic E-state index is 11.8. The molecule has 2 heterocycles. The lowest BCUT2D eigenvalue weighted by Crippen LogP contribution is -2.54. The molecule has 1 aliphatic rings. The molecule has 2 rings (SSSR count). The van der Waals surface area contributed by atoms with Gasteiger partial charge in [-0.25, -0.2) is 9.98 Å². The third kappa shape index (κ3) is 5.34. The fourth-order valence-electron chi connectivity index (χ4n) is 2.59. The van der Waals surface area contributed by atoms with E-state index in [1.807, 2.05) is 12.1 Å². The fraction of sp³-hybridized carbons (Fsp3) is 0.556. The van der Waals surface area contributed by atoms with Crippen LogP contribution in [0.25, 0.3) is 0 Å². The van der Waals surface area contributed by atoms with E-state index in [1.165, 1.54) is 0 Å². The van der Waals surface area contributed by atoms with Crippen molar-refractivity contribution in [2.75, 3.05) is 51.7 Å². The minimum absolute atomic E-state index is 0.0239. The van der Waals surface area contributed by atoms with Crippen molar-refractivity contribution in [1.82, 2.24) is 20.1 Å². The van der Waals surface area contributed by atoms with Crippen LogP contribution in [0.5, 0.6) is 0 Å². The van der Waals surface area contributed by atoms with Gasteiger partial charge in [-0.2, -0.15) is 5.26 Å². The van der Waals surface area contributed by atoms with Gasteiger partial charge in [-0.3, -0.25) is 4.79 Å². The van der Waals surface area contributed by atoms with E-state index < -0.39 is 0 Å². The maximum absolute atomic E-state index is 11.8. The molecule has 0 unspecified atom stereocenters. The smallest absolute Gasteiger partial charge is 0.243 e. The molecule has 0 radical (unpaired) electrons. The number of guanidine groups is 1. The number of amides is 1. The summed E-state index contributed by atoms with van der Waals surface area (Å²) in [6.45, 7) is 7.34. The molecule has 8 heteroatoms. The van der Waals surface area contributed by atoms with E-state index in [1.54, 1.807) is 25.1 Å². The first-order valence-corrected chi connectivity index (χ1v) is 8.79. The third-order valence-corrected chi connectivity index (χ3v) is 4.03. The Balaban J connectivity index is 2.03. The first-order valence-electron chi connectivity index (χ1n) is 8.79. The highest BCUT2D eigenvalue weighted by Crippen LogP contribution is 2.14. The molecule has 1 aromatic heterocycles. The Hall–Kier alpha value is -2.82. The van der Waals surface area contributed by atoms with Crippen LogP contribution in [0, 0.1) is 11.3 Å². The van der Waals surface area contributed by atoms with E-state index in [-0.39, 0.29) is 18.5 Å². The van der Waals surface area contributed by atoms with Gasteiger partial charge in [-0.15, -0.1) is 0 Å². The number of nitriles is 1. The highest BCUT2D eigenvalue weighted by atomic mass is 16.2. The summed E-state index contributed by atoms with van der Waals surface area (Å²) in [5.74, 6) is 1.56. The van der Waals surface area contributed by atoms with E-state index in [0.29, 0.717) is 5.69 Å². The van der Waals surface area contributed by atoms with Gasteiger partial charge in [0.15, 0.2) is 5.96 Å². The fourth-order valence-corrected chi connectivity index (χ4v) is 2.59. The van der Waals surface area contributed by atoms with Crippen molar-refractivity contribution in [3.05, 3.63) is 23.9 Å². The molecular formula is C18H27N7O. The monoisotopic (exact) mass is 357 g/mol. The minimum atomic E-state index is -0.0239. The number of pyridine rings is 1. The SMILES string of the molecule is CC(C)NC(=NCC(=O)N(C)C)N1CCN(c2cccc(C#N)n2)CC1. The molecular weight excluding hydrogens is 330 g/mol. The van der Waals surface area contributed by atoms with Gasteiger partial charge < -0.3 is 20.0 Å². The lowest BCUT2D eigenvalue weighted by molar-refractivity contribution is -0.127. The number of nitrogens with zero attached hydrogens (tertiary/aromatic N) is 6. The lowest BCUT2D eigenvalue weighted by Gasteiger charge is -2.37. The molecule has 1 aliphatic heterocycles. The van der Waals surface area contributed by atoms with Crippen molar-refractivity contribution < 1.29 is 4.79 Å². The zero-order valence-electron chi connectivity index (χ0n) is 15.9. The van der Waals surface area contributed by atoms with Gasteiger partial charge in [0.1, 0.15) is 24.1 Å². The Bertz CT molecular complexity index is 685. The van der Waals surface area contributed by atoms with Crippen LogP contribution in [0.1, 0.15) is 19.5 Å². The van der Waals surface area contributed by atoms with E-state index in [4.69, 9.17) is 5.26 Å². The third-order valence-electron chi connectivity index (χ3n) is 4.03. The number of carbonyl (C=O) groups excluding carboxylic acids is 1. The largest absolute Gasteiger partial charge is 0.354 e. The van der Waals surface area contributed by atoms with Crippen LogP contribution in [0.2, 0.25) is 0 Å². The number of hydrogen-bond donors (Lipinski definition) is 1. The average Bonchev–Trinajstić information content (AvgIpc) is 2.64. The van der Waals surface area contributed by atoms with E-state index >= 15 is 0 Å². The summed E-state index contributed by atoms with van der Waals surface area (Å²) in [6.07, 6.45) is 0. The van der Waals surface area contributed by atoms with Crippen molar-refractivity contribution in [2.24, 2.45) is 4.99 Å². The lowest BCUT2D eigenvalue weighted by atomic mass is 10.3. The van der Waals surface area contributed by atoms with Crippen molar-refractivity contribution in [2.45, 2.75) is 19.9 Å². The maximum Gasteiger partial charge on any atom is 0.243 e. The minimum Gasteiger partial charge on any atom is -0.354 e. The van der Waals surface area contributed by atoms with Crippen LogP contribution in [-0.2, 0) is 4.79 Å². The molecule has 0 bridgehead atoms. The summed E-state index contributed by atoms with van der Waals surface area (Å²) in [4.78, 5) is 26.6. The number of carbonyl (C=O) groups is 1. The average molecular weight is 357 g/mol. The Kier molecular flexibility index (Phi) is 6.78. The molecule has 0 spiro atoms. The van der Waals surface area contributed by atoms with Gasteiger partial charge in [0.2, 0.25) is 5.91 Å². The number of anilines is 1. The zero-order valence-corrected chi connectivity index (χ0v) is 15.9. The first kappa shape index (κ1) is 19.5. The van der Waals surface area contributed by atoms with Gasteiger partial charge >= 0.3 is 0 Å². The quantitative estimate of drug-likeness (QED) is 0.624. The van der Waals surface area contributed by atoms with E-state index in [0.717, 1.165) is 38.0 Å². The van der Waals surface area contributed by atoms with Crippen LogP contribution in [0.15, 0.2) is 23.2 Å². The number of nitrogens with one attached hydrogen (secondary N) is 1. The topological polar surface area (TPSA) is 87.9 Å². The Labute approximate surface area is 155 Å². The number of piperazine rings is 1. The molecule has 8 nitrogen and oxygen atoms in total. The predicted molar refractivity (Wildman–Crippen MR) is 102 cm³/mol. The number of hydrogen-bond acceptors (Lipinski definition) is 5. The van der Waals surface area contributed by atoms with Crippen LogP contribution in [0.4, 0.5) is 5.82 Å². The molecule has 0 saturated carbocycles. The summed E-state index contributed by atoms with van der Waals surface area (Å²) < 4.78 is 0. The van der Waals surface area contributed by atoms with Crippen molar-refractivity contribution >= 4 is 17.7 Å². The second kappa shape index (κ2) is 9.04. The second-order valence-corrected chi connectivity index (χ2v) is 6.69. The Morgan fingerprint density at radius 2 is 2.04 bits per heavy atom. The Morgan fingerprint density at radius 3 is 2.62 bits per heavy atom. The second-order valence-electron chi connectivity index (χ2n) is 6.69. The first-order chi connectivity index (χ1) is 12.4. The van der Waals surface area contributed by atoms with Gasteiger partial charge in [0.05, 0.1) is 0 Å². The molecule has 1 N–H and O–H groups in total. The molecule has 0 aromatic carbocycles. The van der Waals surface area contributed by atoms with Crippen molar-refractivity contribution in [3.8, 4) is 6.07 Å². The standard InChI is InChI=1S/C18H27N7O/c1-14(2)21-18(20-13-17(26)23(3)4)25-10-8-24(9-11-25)16-7-5-6-15(12-19)22-16/h5-7,14H,8-11,13H2,1-4H3,(H,20,21). The summed E-state index contributed by atoms with van der Waals surface area (Å²) >= 11 is 0. The van der Waals surface area contributed by atoms with Crippen LogP contribution >= 0.6 is 0 Å². The zero-order chi connectivity index (χ0) is 19.1. The molecule has 0 atom stereocenters. The number of likely N-dealkylation sites (N-methyl/N-ethyl adjacent to an activating group) is 1. The molecule has 0 aliphatic carbocycles.